The number of hydrogen-bond donors (Lipinski definition) is 1. The van der Waals surface area contributed by atoms with E-state index in [4.69, 9.17) is 4.74 Å². The van der Waals surface area contributed by atoms with Crippen molar-refractivity contribution in [2.75, 3.05) is 6.61 Å². The fourth-order valence-electron chi connectivity index (χ4n) is 3.90. The molecule has 0 aliphatic heterocycles. The fourth-order valence-corrected chi connectivity index (χ4v) is 3.90. The van der Waals surface area contributed by atoms with Gasteiger partial charge in [-0.3, -0.25) is 14.4 Å². The molecule has 0 radical (unpaired) electrons. The molecule has 1 N–H and O–H groups in total. The largest absolute Gasteiger partial charge is 0.489 e. The average molecular weight is 396 g/mol. The van der Waals surface area contributed by atoms with Crippen LogP contribution in [0.2, 0.25) is 0 Å². The molecule has 30 heavy (non-hydrogen) atoms. The monoisotopic (exact) mass is 396 g/mol. The van der Waals surface area contributed by atoms with Crippen molar-refractivity contribution in [1.29, 1.82) is 0 Å². The maximum atomic E-state index is 13.2. The molecule has 6 heteroatoms. The Kier molecular flexibility index (Phi) is 4.06. The van der Waals surface area contributed by atoms with E-state index in [2.05, 4.69) is 16.5 Å². The van der Waals surface area contributed by atoms with Crippen LogP contribution in [-0.2, 0) is 0 Å². The minimum absolute atomic E-state index is 0.0667. The van der Waals surface area contributed by atoms with Gasteiger partial charge < -0.3 is 9.72 Å². The zero-order valence-corrected chi connectivity index (χ0v) is 15.8. The van der Waals surface area contributed by atoms with Crippen molar-refractivity contribution in [2.24, 2.45) is 0 Å². The number of carbonyl (C=O) groups is 2. The predicted octanol–water partition coefficient (Wildman–Crippen LogP) is 3.80. The number of aromatic nitrogens is 2. The number of para-hydroxylation sites is 1. The lowest BCUT2D eigenvalue weighted by atomic mass is 10.0. The van der Waals surface area contributed by atoms with Gasteiger partial charge >= 0.3 is 0 Å². The number of carbonyl (C=O) groups excluding carboxylic acids is 2. The highest BCUT2D eigenvalue weighted by Crippen LogP contribution is 2.37. The minimum atomic E-state index is -1.16. The highest BCUT2D eigenvalue weighted by Gasteiger charge is 2.41. The van der Waals surface area contributed by atoms with Crippen LogP contribution in [0.15, 0.2) is 72.0 Å². The van der Waals surface area contributed by atoms with E-state index in [0.29, 0.717) is 34.4 Å². The molecule has 0 bridgehead atoms. The van der Waals surface area contributed by atoms with Gasteiger partial charge in [0.15, 0.2) is 11.6 Å². The smallest absolute Gasteiger partial charge is 0.258 e. The molecular weight excluding hydrogens is 380 g/mol. The van der Waals surface area contributed by atoms with E-state index in [-0.39, 0.29) is 23.0 Å². The summed E-state index contributed by atoms with van der Waals surface area (Å²) in [5, 5.41) is 1.93. The number of nitrogens with zero attached hydrogens (tertiary/aromatic N) is 1. The van der Waals surface area contributed by atoms with E-state index >= 15 is 0 Å². The van der Waals surface area contributed by atoms with Crippen molar-refractivity contribution in [3.05, 3.63) is 94.6 Å². The minimum Gasteiger partial charge on any atom is -0.489 e. The number of fused-ring (bicyclic) bond motifs is 3. The van der Waals surface area contributed by atoms with Crippen LogP contribution in [-0.4, -0.2) is 28.1 Å². The summed E-state index contributed by atoms with van der Waals surface area (Å²) in [6.07, 6.45) is 1.64. The molecule has 5 rings (SSSR count). The van der Waals surface area contributed by atoms with Crippen LogP contribution >= 0.6 is 0 Å². The van der Waals surface area contributed by atoms with Crippen molar-refractivity contribution in [1.82, 2.24) is 9.97 Å². The Morgan fingerprint density at radius 2 is 1.73 bits per heavy atom. The van der Waals surface area contributed by atoms with Crippen LogP contribution in [0.1, 0.15) is 32.5 Å². The first-order valence-electron chi connectivity index (χ1n) is 9.46. The number of Topliss-reactive ketones (excluding diaryl/α,β-unsaturated/α-hetero) is 2. The highest BCUT2D eigenvalue weighted by atomic mass is 16.5. The normalized spacial score (nSPS) is 15.5. The van der Waals surface area contributed by atoms with Gasteiger partial charge in [-0.05, 0) is 35.7 Å². The average Bonchev–Trinajstić information content (AvgIpc) is 3.00. The molecule has 1 aliphatic rings. The number of hydrogen-bond acceptors (Lipinski definition) is 5. The summed E-state index contributed by atoms with van der Waals surface area (Å²) < 4.78 is 5.69. The highest BCUT2D eigenvalue weighted by molar-refractivity contribution is 6.30. The Balaban J connectivity index is 1.65. The summed E-state index contributed by atoms with van der Waals surface area (Å²) in [5.41, 5.74) is 0.702. The Morgan fingerprint density at radius 3 is 2.53 bits per heavy atom. The molecule has 0 saturated heterocycles. The van der Waals surface area contributed by atoms with E-state index in [9.17, 15) is 14.4 Å². The maximum Gasteiger partial charge on any atom is 0.258 e. The first kappa shape index (κ1) is 18.0. The van der Waals surface area contributed by atoms with Crippen molar-refractivity contribution < 1.29 is 14.3 Å². The first-order valence-corrected chi connectivity index (χ1v) is 9.46. The molecule has 3 aromatic carbocycles. The standard InChI is InChI=1S/C24H16N2O4/c1-2-10-30-19-9-5-6-13-11-16-17(12-15(13)19)22(28)20(21(16)27)23-25-18-8-4-3-7-14(18)24(29)26-23/h2-9,11-12,20H,1,10H2,(H,25,26,29). The fraction of sp³-hybridized carbons (Fsp3) is 0.0833. The molecule has 0 saturated carbocycles. The molecule has 0 fully saturated rings. The SMILES string of the molecule is C=CCOc1cccc2cc3c(cc12)C(=O)C(c1nc2ccccc2c(=O)[nH]1)C3=O. The van der Waals surface area contributed by atoms with Gasteiger partial charge in [0.25, 0.3) is 5.56 Å². The number of ketones is 2. The molecule has 0 amide bonds. The summed E-state index contributed by atoms with van der Waals surface area (Å²) >= 11 is 0. The number of rotatable bonds is 4. The molecule has 1 unspecified atom stereocenters. The van der Waals surface area contributed by atoms with E-state index in [0.717, 1.165) is 10.8 Å². The van der Waals surface area contributed by atoms with E-state index in [1.165, 1.54) is 0 Å². The van der Waals surface area contributed by atoms with Crippen molar-refractivity contribution in [3.63, 3.8) is 0 Å². The molecular formula is C24H16N2O4. The topological polar surface area (TPSA) is 89.1 Å². The van der Waals surface area contributed by atoms with Gasteiger partial charge in [0.2, 0.25) is 0 Å². The summed E-state index contributed by atoms with van der Waals surface area (Å²) in [5.74, 6) is -1.23. The van der Waals surface area contributed by atoms with Gasteiger partial charge in [-0.1, -0.05) is 36.9 Å². The van der Waals surface area contributed by atoms with Crippen molar-refractivity contribution >= 4 is 33.2 Å². The van der Waals surface area contributed by atoms with E-state index < -0.39 is 5.92 Å². The van der Waals surface area contributed by atoms with E-state index in [1.54, 1.807) is 48.5 Å². The number of nitrogens with one attached hydrogen (secondary N) is 1. The molecule has 146 valence electrons. The third-order valence-electron chi connectivity index (χ3n) is 5.30. The van der Waals surface area contributed by atoms with Crippen molar-refractivity contribution in [2.45, 2.75) is 5.92 Å². The molecule has 1 aliphatic carbocycles. The van der Waals surface area contributed by atoms with Crippen LogP contribution in [0, 0.1) is 0 Å². The maximum absolute atomic E-state index is 13.2. The van der Waals surface area contributed by atoms with Crippen LogP contribution in [0.3, 0.4) is 0 Å². The Hall–Kier alpha value is -4.06. The van der Waals surface area contributed by atoms with Crippen LogP contribution in [0.25, 0.3) is 21.7 Å². The molecule has 4 aromatic rings. The second-order valence-electron chi connectivity index (χ2n) is 7.10. The summed E-state index contributed by atoms with van der Waals surface area (Å²) in [4.78, 5) is 45.8. The van der Waals surface area contributed by atoms with Crippen molar-refractivity contribution in [3.8, 4) is 5.75 Å². The van der Waals surface area contributed by atoms with Gasteiger partial charge in [0.05, 0.1) is 10.9 Å². The molecule has 1 atom stereocenters. The second kappa shape index (κ2) is 6.77. The number of ether oxygens (including phenoxy) is 1. The summed E-state index contributed by atoms with van der Waals surface area (Å²) in [6.45, 7) is 3.98. The predicted molar refractivity (Wildman–Crippen MR) is 113 cm³/mol. The number of H-pyrrole nitrogens is 1. The Labute approximate surface area is 170 Å². The third-order valence-corrected chi connectivity index (χ3v) is 5.30. The Bertz CT molecular complexity index is 1430. The zero-order chi connectivity index (χ0) is 20.8. The molecule has 0 spiro atoms. The van der Waals surface area contributed by atoms with Gasteiger partial charge in [-0.15, -0.1) is 0 Å². The molecule has 6 nitrogen and oxygen atoms in total. The van der Waals surface area contributed by atoms with Crippen LogP contribution in [0.5, 0.6) is 5.75 Å². The zero-order valence-electron chi connectivity index (χ0n) is 15.8. The summed E-state index contributed by atoms with van der Waals surface area (Å²) in [7, 11) is 0. The van der Waals surface area contributed by atoms with Gasteiger partial charge in [-0.2, -0.15) is 0 Å². The quantitative estimate of drug-likeness (QED) is 0.419. The third kappa shape index (κ3) is 2.65. The number of aromatic amines is 1. The first-order chi connectivity index (χ1) is 14.6. The lowest BCUT2D eigenvalue weighted by Gasteiger charge is -2.08. The van der Waals surface area contributed by atoms with Gasteiger partial charge in [0.1, 0.15) is 24.1 Å². The van der Waals surface area contributed by atoms with E-state index in [1.807, 2.05) is 12.1 Å². The second-order valence-corrected chi connectivity index (χ2v) is 7.10. The van der Waals surface area contributed by atoms with Gasteiger partial charge in [0, 0.05) is 16.5 Å². The Morgan fingerprint density at radius 1 is 0.967 bits per heavy atom. The van der Waals surface area contributed by atoms with Crippen LogP contribution < -0.4 is 10.3 Å². The number of benzene rings is 3. The molecule has 1 heterocycles. The van der Waals surface area contributed by atoms with Gasteiger partial charge in [-0.25, -0.2) is 4.98 Å². The lowest BCUT2D eigenvalue weighted by molar-refractivity contribution is 0.0885. The lowest BCUT2D eigenvalue weighted by Crippen LogP contribution is -2.21. The summed E-state index contributed by atoms with van der Waals surface area (Å²) in [6, 6.07) is 15.7. The molecule has 1 aromatic heterocycles. The van der Waals surface area contributed by atoms with Crippen LogP contribution in [0.4, 0.5) is 0 Å².